The van der Waals surface area contributed by atoms with E-state index in [-0.39, 0.29) is 11.2 Å². The molecule has 13 heteroatoms. The Hall–Kier alpha value is -4.56. The lowest BCUT2D eigenvalue weighted by atomic mass is 9.59. The van der Waals surface area contributed by atoms with Gasteiger partial charge in [-0.2, -0.15) is 0 Å². The van der Waals surface area contributed by atoms with Crippen molar-refractivity contribution in [3.8, 4) is 17.2 Å². The molecular formula is C50H56N6O5S2. The van der Waals surface area contributed by atoms with E-state index < -0.39 is 5.60 Å². The monoisotopic (exact) mass is 884 g/mol. The van der Waals surface area contributed by atoms with E-state index in [4.69, 9.17) is 9.47 Å². The van der Waals surface area contributed by atoms with Crippen molar-refractivity contribution in [3.63, 3.8) is 0 Å². The number of likely N-dealkylation sites (tertiary alicyclic amines) is 1. The van der Waals surface area contributed by atoms with E-state index in [1.165, 1.54) is 45.1 Å². The Labute approximate surface area is 377 Å². The van der Waals surface area contributed by atoms with Crippen LogP contribution < -0.4 is 19.1 Å². The first-order valence-corrected chi connectivity index (χ1v) is 24.7. The number of aromatic nitrogens is 2. The van der Waals surface area contributed by atoms with Gasteiger partial charge in [-0.05, 0) is 172 Å². The molecule has 11 nitrogen and oxygen atoms in total. The maximum absolute atomic E-state index is 14.0. The van der Waals surface area contributed by atoms with E-state index in [0.29, 0.717) is 63.4 Å². The highest BCUT2D eigenvalue weighted by atomic mass is 32.2. The van der Waals surface area contributed by atoms with Crippen LogP contribution in [-0.2, 0) is 0 Å². The van der Waals surface area contributed by atoms with Crippen molar-refractivity contribution >= 4 is 52.0 Å². The van der Waals surface area contributed by atoms with Crippen molar-refractivity contribution in [2.45, 2.75) is 123 Å². The quantitative estimate of drug-likeness (QED) is 0.0870. The molecule has 2 saturated heterocycles. The van der Waals surface area contributed by atoms with E-state index >= 15 is 0 Å². The maximum atomic E-state index is 14.0. The molecule has 3 N–H and O–H groups in total. The van der Waals surface area contributed by atoms with Gasteiger partial charge in [0.25, 0.3) is 5.91 Å². The number of nitrogens with zero attached hydrogens (tertiary/aromatic N) is 4. The summed E-state index contributed by atoms with van der Waals surface area (Å²) >= 11 is 2.77. The summed E-state index contributed by atoms with van der Waals surface area (Å²) < 4.78 is 15.8. The highest BCUT2D eigenvalue weighted by molar-refractivity contribution is 8.00. The summed E-state index contributed by atoms with van der Waals surface area (Å²) in [6, 6.07) is 23.9. The largest absolute Gasteiger partial charge is 0.491 e. The van der Waals surface area contributed by atoms with Gasteiger partial charge in [-0.25, -0.2) is 4.98 Å². The van der Waals surface area contributed by atoms with Crippen LogP contribution in [0.5, 0.6) is 17.2 Å². The molecule has 3 aliphatic carbocycles. The second-order valence-corrected chi connectivity index (χ2v) is 21.5. The molecule has 1 spiro atoms. The van der Waals surface area contributed by atoms with Gasteiger partial charge < -0.3 is 24.5 Å². The van der Waals surface area contributed by atoms with Gasteiger partial charge in [0.2, 0.25) is 0 Å². The molecule has 3 saturated carbocycles. The van der Waals surface area contributed by atoms with Crippen LogP contribution in [0.2, 0.25) is 0 Å². The van der Waals surface area contributed by atoms with Gasteiger partial charge in [0.1, 0.15) is 35.2 Å². The van der Waals surface area contributed by atoms with Crippen molar-refractivity contribution in [2.24, 2.45) is 16.5 Å². The minimum atomic E-state index is -0.609. The summed E-state index contributed by atoms with van der Waals surface area (Å²) in [6.07, 6.45) is 17.1. The first-order chi connectivity index (χ1) is 30.7. The molecule has 5 aromatic rings. The Morgan fingerprint density at radius 3 is 2.59 bits per heavy atom. The normalized spacial score (nSPS) is 25.9. The van der Waals surface area contributed by atoms with Crippen molar-refractivity contribution < 1.29 is 19.4 Å². The third-order valence-corrected chi connectivity index (χ3v) is 17.4. The summed E-state index contributed by atoms with van der Waals surface area (Å²) in [7, 11) is 0. The number of aromatic amines is 1. The van der Waals surface area contributed by atoms with E-state index in [0.717, 1.165) is 91.1 Å². The fourth-order valence-corrected chi connectivity index (χ4v) is 13.4. The average Bonchev–Trinajstić information content (AvgIpc) is 3.84. The number of benzene rings is 3. The van der Waals surface area contributed by atoms with Gasteiger partial charge in [0.05, 0.1) is 22.3 Å². The number of fused-ring (bicyclic) bond motifs is 2. The summed E-state index contributed by atoms with van der Waals surface area (Å²) in [4.78, 5) is 40.5. The summed E-state index contributed by atoms with van der Waals surface area (Å²) in [5.41, 5.74) is 5.51. The number of hydrogen-bond donors (Lipinski definition) is 3. The molecule has 0 radical (unpaired) electrons. The molecule has 11 rings (SSSR count). The number of ether oxygens (including phenoxy) is 2. The van der Waals surface area contributed by atoms with Crippen LogP contribution in [0.15, 0.2) is 94.1 Å². The SMILES string of the molecule is CC1(O)CCC([C@H]2COc3cc(SNC(=O)c4ccc(N5CCC6(CC5)CC(N5CCC[C@@H]5c5ccccc5C5CC5)C6)cc4Oc4cnc5[nH]ccc5c4)cc(N=O)c3S2)CC1. The molecule has 5 heterocycles. The molecule has 3 aromatic carbocycles. The fourth-order valence-electron chi connectivity index (χ4n) is 11.3. The van der Waals surface area contributed by atoms with Crippen LogP contribution >= 0.6 is 23.7 Å². The lowest BCUT2D eigenvalue weighted by Crippen LogP contribution is -2.54. The van der Waals surface area contributed by atoms with Gasteiger partial charge in [0.15, 0.2) is 0 Å². The zero-order valence-corrected chi connectivity index (χ0v) is 37.5. The Kier molecular flexibility index (Phi) is 11.0. The average molecular weight is 885 g/mol. The number of thioether (sulfide) groups is 1. The van der Waals surface area contributed by atoms with Crippen LogP contribution in [0, 0.1) is 16.2 Å². The van der Waals surface area contributed by atoms with Crippen LogP contribution in [0.25, 0.3) is 11.0 Å². The molecule has 6 aliphatic rings. The smallest absolute Gasteiger partial charge is 0.265 e. The Morgan fingerprint density at radius 1 is 0.984 bits per heavy atom. The minimum Gasteiger partial charge on any atom is -0.491 e. The number of aliphatic hydroxyl groups is 1. The minimum absolute atomic E-state index is 0.187. The first kappa shape index (κ1) is 41.2. The number of rotatable bonds is 11. The number of nitroso groups, excluding NO2 is 1. The van der Waals surface area contributed by atoms with E-state index in [9.17, 15) is 14.8 Å². The molecular weight excluding hydrogens is 829 g/mol. The number of anilines is 1. The van der Waals surface area contributed by atoms with Crippen molar-refractivity contribution in [1.29, 1.82) is 0 Å². The fraction of sp³-hybridized carbons (Fsp3) is 0.480. The van der Waals surface area contributed by atoms with Crippen molar-refractivity contribution in [3.05, 3.63) is 101 Å². The number of carbonyl (C=O) groups is 1. The zero-order valence-electron chi connectivity index (χ0n) is 35.9. The topological polar surface area (TPSA) is 132 Å². The summed E-state index contributed by atoms with van der Waals surface area (Å²) in [5, 5.41) is 14.9. The molecule has 2 atom stereocenters. The number of carbonyl (C=O) groups excluding carboxylic acids is 1. The highest BCUT2D eigenvalue weighted by Gasteiger charge is 2.50. The Morgan fingerprint density at radius 2 is 1.79 bits per heavy atom. The third kappa shape index (κ3) is 8.35. The van der Waals surface area contributed by atoms with Gasteiger partial charge >= 0.3 is 0 Å². The third-order valence-electron chi connectivity index (χ3n) is 15.1. The molecule has 5 fully saturated rings. The second-order valence-electron chi connectivity index (χ2n) is 19.4. The molecule has 328 valence electrons. The number of amides is 1. The molecule has 3 aliphatic heterocycles. The van der Waals surface area contributed by atoms with Crippen molar-refractivity contribution in [1.82, 2.24) is 19.6 Å². The lowest BCUT2D eigenvalue weighted by Gasteiger charge is -2.56. The number of pyridine rings is 1. The standard InChI is InChI=1S/C50H56N6O5S2/c1-49(58)15-12-32(13-16-49)45-30-60-44-26-37(25-41(53-59)46(44)62-45)63-54-48(57)40-11-10-34(24-43(40)61-36-23-33-14-19-51-47(33)52-29-36)55-21-17-50(18-22-55)27-35(28-50)56-20-4-7-42(56)39-6-3-2-5-38(39)31-8-9-31/h2-3,5-6,10-11,14,19,23-26,29,31-32,35,42,45,58H,4,7-9,12-13,15-18,20-22,27-28,30H2,1H3,(H,51,52)(H,54,57)/t32?,42-,45-,49?/m1/s1. The lowest BCUT2D eigenvalue weighted by molar-refractivity contribution is -0.0227. The molecule has 2 aromatic heterocycles. The predicted octanol–water partition coefficient (Wildman–Crippen LogP) is 11.4. The van der Waals surface area contributed by atoms with Crippen LogP contribution in [0.4, 0.5) is 11.4 Å². The van der Waals surface area contributed by atoms with E-state index in [1.54, 1.807) is 35.2 Å². The number of H-pyrrole nitrogens is 1. The Bertz CT molecular complexity index is 2520. The van der Waals surface area contributed by atoms with Gasteiger partial charge in [-0.1, -0.05) is 24.3 Å². The second kappa shape index (κ2) is 16.8. The number of hydrogen-bond acceptors (Lipinski definition) is 11. The molecule has 63 heavy (non-hydrogen) atoms. The molecule has 0 unspecified atom stereocenters. The van der Waals surface area contributed by atoms with Gasteiger partial charge in [0, 0.05) is 58.7 Å². The van der Waals surface area contributed by atoms with E-state index in [2.05, 4.69) is 53.9 Å². The highest BCUT2D eigenvalue weighted by Crippen LogP contribution is 2.55. The van der Waals surface area contributed by atoms with Crippen molar-refractivity contribution in [2.75, 3.05) is 31.1 Å². The molecule has 0 bridgehead atoms. The zero-order chi connectivity index (χ0) is 42.7. The van der Waals surface area contributed by atoms with E-state index in [1.807, 2.05) is 49.5 Å². The van der Waals surface area contributed by atoms with Gasteiger partial charge in [-0.15, -0.1) is 16.7 Å². The summed E-state index contributed by atoms with van der Waals surface area (Å²) in [5.74, 6) is 2.45. The van der Waals surface area contributed by atoms with Crippen LogP contribution in [0.3, 0.4) is 0 Å². The first-order valence-electron chi connectivity index (χ1n) is 23.0. The number of nitrogens with one attached hydrogen (secondary N) is 2. The Balaban J connectivity index is 0.767. The number of piperidine rings is 1. The van der Waals surface area contributed by atoms with Crippen LogP contribution in [-0.4, -0.2) is 69.0 Å². The summed E-state index contributed by atoms with van der Waals surface area (Å²) in [6.45, 7) is 5.58. The maximum Gasteiger partial charge on any atom is 0.265 e. The van der Waals surface area contributed by atoms with Crippen LogP contribution in [0.1, 0.15) is 117 Å². The molecule has 1 amide bonds. The predicted molar refractivity (Wildman–Crippen MR) is 250 cm³/mol. The van der Waals surface area contributed by atoms with Gasteiger partial charge in [-0.3, -0.25) is 14.4 Å².